The second kappa shape index (κ2) is 26.7. The van der Waals surface area contributed by atoms with E-state index in [1.807, 2.05) is 43.3 Å². The maximum atomic E-state index is 2.99. The van der Waals surface area contributed by atoms with Gasteiger partial charge in [0.25, 0.3) is 0 Å². The van der Waals surface area contributed by atoms with E-state index in [2.05, 4.69) is 245 Å². The number of hydrogen-bond acceptors (Lipinski definition) is 0. The van der Waals surface area contributed by atoms with E-state index in [0.717, 1.165) is 6.42 Å². The zero-order chi connectivity index (χ0) is 46.1. The van der Waals surface area contributed by atoms with E-state index in [4.69, 9.17) is 0 Å². The molecule has 0 nitrogen and oxygen atoms in total. The van der Waals surface area contributed by atoms with Crippen LogP contribution in [0.1, 0.15) is 66.0 Å². The predicted molar refractivity (Wildman–Crippen MR) is 282 cm³/mol. The summed E-state index contributed by atoms with van der Waals surface area (Å²) in [5.74, 6) is 0. The molecular formula is C64H62Cl2Zr-2. The Balaban J connectivity index is 0.000000234. The summed E-state index contributed by atoms with van der Waals surface area (Å²) in [6.07, 6.45) is 10.0. The maximum absolute atomic E-state index is 2.99. The summed E-state index contributed by atoms with van der Waals surface area (Å²) in [7, 11) is 0. The molecule has 0 unspecified atom stereocenters. The van der Waals surface area contributed by atoms with Gasteiger partial charge in [-0.2, -0.15) is 6.08 Å². The molecule has 0 N–H and O–H groups in total. The van der Waals surface area contributed by atoms with Crippen LogP contribution >= 0.6 is 0 Å². The average molecular weight is 993 g/mol. The van der Waals surface area contributed by atoms with E-state index in [0.29, 0.717) is 0 Å². The molecule has 0 amide bonds. The van der Waals surface area contributed by atoms with Crippen molar-refractivity contribution < 1.29 is 49.0 Å². The summed E-state index contributed by atoms with van der Waals surface area (Å²) in [4.78, 5) is 0. The SMILES string of the molecule is CC(C)(C)c1cc2c(cc1-c1ccccc1)[cH-]c1cc(-c3ccccc3)c(C(C)(C)C)cc12.C[CH]=[Zr+2].[C-]1=CC=CC1.[Cl-].[Cl-].c1ccc(-c2ccccc2)cc1.c1ccc(-c2ccccc2)cc1. The molecule has 10 rings (SSSR count). The standard InChI is InChI=1S/C33H33.2C12H10.C5H5.C2H4.2ClH.Zr/c1-32(2,3)30-20-26-24(18-28(30)22-13-9-7-10-14-22)17-25-19-29(23-15-11-8-12-16-23)31(21-27(25)26)33(4,5)6;2*1-3-7-11(8-4-1)12-9-5-2-6-10-12;1-2-4-5-3-1;1-2;;;/h7-21H,1-6H3;2*1-10H;1-3H,4H2;1H,2H3;2*1H;/q-1;;;-1;;;;+2/p-2. The third-order valence-corrected chi connectivity index (χ3v) is 11.1. The first-order valence-electron chi connectivity index (χ1n) is 22.7. The van der Waals surface area contributed by atoms with Gasteiger partial charge >= 0.3 is 34.9 Å². The van der Waals surface area contributed by atoms with Crippen LogP contribution in [0.2, 0.25) is 0 Å². The van der Waals surface area contributed by atoms with E-state index >= 15 is 0 Å². The first-order chi connectivity index (χ1) is 31.5. The van der Waals surface area contributed by atoms with Crippen molar-refractivity contribution in [3.63, 3.8) is 0 Å². The third-order valence-electron chi connectivity index (χ3n) is 11.1. The fraction of sp³-hybridized carbons (Fsp3) is 0.156. The molecule has 67 heavy (non-hydrogen) atoms. The van der Waals surface area contributed by atoms with Gasteiger partial charge in [0.05, 0.1) is 0 Å². The van der Waals surface area contributed by atoms with Crippen molar-refractivity contribution in [3.05, 3.63) is 248 Å². The van der Waals surface area contributed by atoms with Gasteiger partial charge in [-0.3, -0.25) is 6.08 Å². The molecule has 3 heteroatoms. The van der Waals surface area contributed by atoms with Gasteiger partial charge < -0.3 is 24.8 Å². The Hall–Kier alpha value is -5.56. The third kappa shape index (κ3) is 15.5. The fourth-order valence-electron chi connectivity index (χ4n) is 7.92. The van der Waals surface area contributed by atoms with Crippen molar-refractivity contribution >= 4 is 25.3 Å². The second-order valence-corrected chi connectivity index (χ2v) is 19.5. The van der Waals surface area contributed by atoms with Crippen molar-refractivity contribution in [2.45, 2.75) is 65.7 Å². The number of fused-ring (bicyclic) bond motifs is 3. The normalized spacial score (nSPS) is 11.2. The summed E-state index contributed by atoms with van der Waals surface area (Å²) in [6, 6.07) is 75.3. The van der Waals surface area contributed by atoms with Gasteiger partial charge in [0, 0.05) is 0 Å². The first kappa shape index (κ1) is 54.1. The van der Waals surface area contributed by atoms with Crippen LogP contribution < -0.4 is 24.8 Å². The molecule has 1 aliphatic rings. The Kier molecular flexibility index (Phi) is 21.5. The molecule has 0 radical (unpaired) electrons. The van der Waals surface area contributed by atoms with E-state index in [1.165, 1.54) is 101 Å². The topological polar surface area (TPSA) is 0 Å². The zero-order valence-corrected chi connectivity index (χ0v) is 43.9. The second-order valence-electron chi connectivity index (χ2n) is 18.1. The van der Waals surface area contributed by atoms with Gasteiger partial charge in [-0.15, -0.1) is 46.2 Å². The van der Waals surface area contributed by atoms with Crippen LogP contribution in [-0.4, -0.2) is 3.71 Å². The molecule has 0 bridgehead atoms. The minimum Gasteiger partial charge on any atom is -1.00 e. The van der Waals surface area contributed by atoms with Gasteiger partial charge in [-0.05, 0) is 66.5 Å². The molecule has 0 aromatic heterocycles. The smallest absolute Gasteiger partial charge is 0.0184 e. The van der Waals surface area contributed by atoms with Crippen LogP contribution in [-0.2, 0) is 35.1 Å². The summed E-state index contributed by atoms with van der Waals surface area (Å²) >= 11 is 1.51. The molecule has 0 saturated carbocycles. The van der Waals surface area contributed by atoms with Crippen molar-refractivity contribution in [3.8, 4) is 44.5 Å². The van der Waals surface area contributed by atoms with E-state index in [-0.39, 0.29) is 35.6 Å². The molecule has 9 aromatic rings. The maximum Gasteiger partial charge on any atom is -0.0184 e. The average Bonchev–Trinajstić information content (AvgIpc) is 4.05. The molecule has 0 atom stereocenters. The summed E-state index contributed by atoms with van der Waals surface area (Å²) in [5.41, 5.74) is 13.3. The number of allylic oxidation sites excluding steroid dienone is 4. The Morgan fingerprint density at radius 2 is 0.701 bits per heavy atom. The molecular weight excluding hydrogens is 931 g/mol. The quantitative estimate of drug-likeness (QED) is 0.154. The van der Waals surface area contributed by atoms with Crippen LogP contribution in [0.15, 0.2) is 231 Å². The Morgan fingerprint density at radius 1 is 0.433 bits per heavy atom. The molecule has 0 aliphatic heterocycles. The van der Waals surface area contributed by atoms with Crippen molar-refractivity contribution in [2.75, 3.05) is 0 Å². The molecule has 0 fully saturated rings. The Morgan fingerprint density at radius 3 is 0.910 bits per heavy atom. The van der Waals surface area contributed by atoms with Gasteiger partial charge in [-0.1, -0.05) is 236 Å². The van der Waals surface area contributed by atoms with Crippen LogP contribution in [0.4, 0.5) is 0 Å². The summed E-state index contributed by atoms with van der Waals surface area (Å²) in [5, 5.41) is 5.36. The number of halogens is 2. The summed E-state index contributed by atoms with van der Waals surface area (Å²) in [6.45, 7) is 16.0. The first-order valence-corrected chi connectivity index (χ1v) is 24.1. The van der Waals surface area contributed by atoms with Crippen molar-refractivity contribution in [1.82, 2.24) is 0 Å². The van der Waals surface area contributed by atoms with Gasteiger partial charge in [-0.25, -0.2) is 12.2 Å². The van der Waals surface area contributed by atoms with E-state index in [9.17, 15) is 0 Å². The van der Waals surface area contributed by atoms with Crippen molar-refractivity contribution in [2.24, 2.45) is 0 Å². The molecule has 338 valence electrons. The van der Waals surface area contributed by atoms with Gasteiger partial charge in [0.2, 0.25) is 0 Å². The molecule has 0 saturated heterocycles. The van der Waals surface area contributed by atoms with Crippen LogP contribution in [0.5, 0.6) is 0 Å². The minimum absolute atomic E-state index is 0. The molecule has 0 spiro atoms. The molecule has 0 heterocycles. The monoisotopic (exact) mass is 990 g/mol. The Labute approximate surface area is 429 Å². The zero-order valence-electron chi connectivity index (χ0n) is 40.0. The largest absolute Gasteiger partial charge is 1.00 e. The summed E-state index contributed by atoms with van der Waals surface area (Å²) < 4.78 is 2.09. The molecule has 1 aliphatic carbocycles. The van der Waals surface area contributed by atoms with E-state index < -0.39 is 0 Å². The van der Waals surface area contributed by atoms with Gasteiger partial charge in [0.1, 0.15) is 0 Å². The number of rotatable bonds is 4. The number of benzene rings is 8. The Bertz CT molecular complexity index is 2610. The van der Waals surface area contributed by atoms with Crippen LogP contribution in [0, 0.1) is 6.08 Å². The van der Waals surface area contributed by atoms with E-state index in [1.54, 1.807) is 0 Å². The number of hydrogen-bond donors (Lipinski definition) is 0. The fourth-order valence-corrected chi connectivity index (χ4v) is 7.92. The molecule has 9 aromatic carbocycles. The van der Waals surface area contributed by atoms with Crippen LogP contribution in [0.25, 0.3) is 66.1 Å². The minimum atomic E-state index is 0. The predicted octanol–water partition coefficient (Wildman–Crippen LogP) is 12.0. The van der Waals surface area contributed by atoms with Gasteiger partial charge in [0.15, 0.2) is 0 Å². The van der Waals surface area contributed by atoms with Crippen LogP contribution in [0.3, 0.4) is 0 Å². The van der Waals surface area contributed by atoms with Crippen molar-refractivity contribution in [1.29, 1.82) is 0 Å².